The lowest BCUT2D eigenvalue weighted by molar-refractivity contribution is 0.275. The number of nitrogens with zero attached hydrogens (tertiary/aromatic N) is 3. The van der Waals surface area contributed by atoms with E-state index in [1.54, 1.807) is 6.33 Å². The number of H-pyrrole nitrogens is 1. The molecule has 0 saturated carbocycles. The van der Waals surface area contributed by atoms with E-state index < -0.39 is 0 Å². The third-order valence-corrected chi connectivity index (χ3v) is 4.19. The van der Waals surface area contributed by atoms with Crippen LogP contribution in [0.3, 0.4) is 0 Å². The molecule has 0 aliphatic rings. The topological polar surface area (TPSA) is 101 Å². The number of fused-ring (bicyclic) bond motifs is 1. The fraction of sp³-hybridized carbons (Fsp3) is 0.583. The van der Waals surface area contributed by atoms with Crippen LogP contribution in [0, 0.1) is 5.92 Å². The van der Waals surface area contributed by atoms with E-state index in [0.717, 1.165) is 17.0 Å². The van der Waals surface area contributed by atoms with Crippen LogP contribution < -0.4 is 5.73 Å². The highest BCUT2D eigenvalue weighted by atomic mass is 32.2. The first-order chi connectivity index (χ1) is 9.11. The van der Waals surface area contributed by atoms with Crippen molar-refractivity contribution < 1.29 is 5.11 Å². The summed E-state index contributed by atoms with van der Waals surface area (Å²) in [6.45, 7) is 4.27. The molecule has 2 unspecified atom stereocenters. The average molecular weight is 281 g/mol. The largest absolute Gasteiger partial charge is 0.395 e. The summed E-state index contributed by atoms with van der Waals surface area (Å²) in [6.07, 6.45) is 3.94. The van der Waals surface area contributed by atoms with Gasteiger partial charge in [0.1, 0.15) is 16.9 Å². The van der Waals surface area contributed by atoms with Crippen molar-refractivity contribution in [2.75, 3.05) is 6.61 Å². The molecule has 0 aromatic carbocycles. The van der Waals surface area contributed by atoms with Gasteiger partial charge in [-0.15, -0.1) is 0 Å². The van der Waals surface area contributed by atoms with Gasteiger partial charge in [0.25, 0.3) is 0 Å². The van der Waals surface area contributed by atoms with Crippen LogP contribution in [0.2, 0.25) is 0 Å². The van der Waals surface area contributed by atoms with Gasteiger partial charge in [-0.3, -0.25) is 0 Å². The van der Waals surface area contributed by atoms with Gasteiger partial charge >= 0.3 is 0 Å². The maximum absolute atomic E-state index is 9.52. The first-order valence-electron chi connectivity index (χ1n) is 6.29. The molecule has 0 spiro atoms. The minimum Gasteiger partial charge on any atom is -0.395 e. The molecular weight excluding hydrogens is 262 g/mol. The lowest BCUT2D eigenvalue weighted by Crippen LogP contribution is -2.36. The number of aliphatic hydroxyl groups is 1. The predicted molar refractivity (Wildman–Crippen MR) is 75.8 cm³/mol. The number of aromatic amines is 1. The summed E-state index contributed by atoms with van der Waals surface area (Å²) in [7, 11) is 0. The number of nitrogens with one attached hydrogen (secondary N) is 1. The molecule has 0 bridgehead atoms. The Morgan fingerprint density at radius 2 is 2.16 bits per heavy atom. The number of hydrogen-bond acceptors (Lipinski definition) is 6. The van der Waals surface area contributed by atoms with E-state index in [0.29, 0.717) is 11.6 Å². The highest BCUT2D eigenvalue weighted by Gasteiger charge is 2.21. The summed E-state index contributed by atoms with van der Waals surface area (Å²) in [5, 5.41) is 10.2. The molecule has 0 aliphatic heterocycles. The third kappa shape index (κ3) is 3.43. The van der Waals surface area contributed by atoms with Crippen LogP contribution in [0.1, 0.15) is 20.3 Å². The van der Waals surface area contributed by atoms with Crippen LogP contribution >= 0.6 is 11.8 Å². The van der Waals surface area contributed by atoms with Crippen LogP contribution in [-0.4, -0.2) is 42.9 Å². The number of rotatable bonds is 6. The van der Waals surface area contributed by atoms with Gasteiger partial charge in [0, 0.05) is 11.3 Å². The number of thioether (sulfide) groups is 1. The Bertz CT molecular complexity index is 530. The summed E-state index contributed by atoms with van der Waals surface area (Å²) in [6, 6.07) is -0.0667. The second kappa shape index (κ2) is 6.31. The Kier molecular flexibility index (Phi) is 4.73. The minimum absolute atomic E-state index is 0.0260. The lowest BCUT2D eigenvalue weighted by Gasteiger charge is -2.22. The molecule has 2 rings (SSSR count). The summed E-state index contributed by atoms with van der Waals surface area (Å²) in [5.74, 6) is 0.502. The molecule has 2 heterocycles. The molecule has 19 heavy (non-hydrogen) atoms. The van der Waals surface area contributed by atoms with Crippen LogP contribution in [0.5, 0.6) is 0 Å². The molecule has 0 saturated heterocycles. The minimum atomic E-state index is -0.0798. The Morgan fingerprint density at radius 3 is 2.84 bits per heavy atom. The fourth-order valence-electron chi connectivity index (χ4n) is 1.93. The fourth-order valence-corrected chi connectivity index (χ4v) is 2.96. The van der Waals surface area contributed by atoms with Crippen molar-refractivity contribution >= 4 is 22.9 Å². The van der Waals surface area contributed by atoms with Gasteiger partial charge < -0.3 is 15.8 Å². The zero-order chi connectivity index (χ0) is 13.8. The van der Waals surface area contributed by atoms with Gasteiger partial charge in [-0.25, -0.2) is 15.0 Å². The van der Waals surface area contributed by atoms with Crippen molar-refractivity contribution in [2.45, 2.75) is 36.6 Å². The van der Waals surface area contributed by atoms with Gasteiger partial charge in [-0.05, 0) is 12.3 Å². The van der Waals surface area contributed by atoms with E-state index in [-0.39, 0.29) is 17.9 Å². The van der Waals surface area contributed by atoms with Crippen LogP contribution in [0.4, 0.5) is 0 Å². The van der Waals surface area contributed by atoms with Crippen LogP contribution in [-0.2, 0) is 0 Å². The zero-order valence-electron chi connectivity index (χ0n) is 11.1. The third-order valence-electron chi connectivity index (χ3n) is 2.85. The van der Waals surface area contributed by atoms with Crippen molar-refractivity contribution in [3.05, 3.63) is 12.7 Å². The Hall–Kier alpha value is -1.18. The predicted octanol–water partition coefficient (Wildman–Crippen LogP) is 1.18. The summed E-state index contributed by atoms with van der Waals surface area (Å²) < 4.78 is 0. The molecule has 2 aromatic rings. The van der Waals surface area contributed by atoms with Crippen LogP contribution in [0.25, 0.3) is 11.2 Å². The SMILES string of the molecule is CC(C)CC(N)C(CO)Sc1ncnc2nc[nH]c12. The molecule has 7 heteroatoms. The number of imidazole rings is 1. The van der Waals surface area contributed by atoms with E-state index in [9.17, 15) is 5.11 Å². The van der Waals surface area contributed by atoms with Crippen molar-refractivity contribution in [3.63, 3.8) is 0 Å². The molecule has 0 fully saturated rings. The molecule has 2 aromatic heterocycles. The Morgan fingerprint density at radius 1 is 1.37 bits per heavy atom. The maximum atomic E-state index is 9.52. The molecule has 0 amide bonds. The maximum Gasteiger partial charge on any atom is 0.181 e. The highest BCUT2D eigenvalue weighted by Crippen LogP contribution is 2.28. The van der Waals surface area contributed by atoms with E-state index in [1.807, 2.05) is 0 Å². The monoisotopic (exact) mass is 281 g/mol. The van der Waals surface area contributed by atoms with Crippen molar-refractivity contribution in [1.29, 1.82) is 0 Å². The van der Waals surface area contributed by atoms with E-state index in [1.165, 1.54) is 18.1 Å². The summed E-state index contributed by atoms with van der Waals surface area (Å²) in [5.41, 5.74) is 7.57. The average Bonchev–Trinajstić information content (AvgIpc) is 2.83. The highest BCUT2D eigenvalue weighted by molar-refractivity contribution is 8.00. The van der Waals surface area contributed by atoms with Gasteiger partial charge in [0.15, 0.2) is 5.65 Å². The van der Waals surface area contributed by atoms with Gasteiger partial charge in [0.2, 0.25) is 0 Å². The molecule has 4 N–H and O–H groups in total. The first kappa shape index (κ1) is 14.2. The van der Waals surface area contributed by atoms with Crippen LogP contribution in [0.15, 0.2) is 17.7 Å². The second-order valence-electron chi connectivity index (χ2n) is 4.91. The number of aliphatic hydroxyl groups excluding tert-OH is 1. The first-order valence-corrected chi connectivity index (χ1v) is 7.17. The lowest BCUT2D eigenvalue weighted by atomic mass is 10.0. The van der Waals surface area contributed by atoms with Gasteiger partial charge in [0.05, 0.1) is 12.9 Å². The zero-order valence-corrected chi connectivity index (χ0v) is 11.9. The van der Waals surface area contributed by atoms with Crippen molar-refractivity contribution in [1.82, 2.24) is 19.9 Å². The standard InChI is InChI=1S/C12H19N5OS/c1-7(2)3-8(13)9(4-18)19-12-10-11(15-5-14-10)16-6-17-12/h5-9,18H,3-4,13H2,1-2H3,(H,14,15,16,17). The van der Waals surface area contributed by atoms with E-state index in [4.69, 9.17) is 5.73 Å². The van der Waals surface area contributed by atoms with E-state index >= 15 is 0 Å². The second-order valence-corrected chi connectivity index (χ2v) is 6.14. The molecule has 2 atom stereocenters. The molecule has 0 aliphatic carbocycles. The Labute approximate surface area is 116 Å². The molecular formula is C12H19N5OS. The van der Waals surface area contributed by atoms with E-state index in [2.05, 4.69) is 33.8 Å². The number of hydrogen-bond donors (Lipinski definition) is 3. The number of nitrogens with two attached hydrogens (primary N) is 1. The normalized spacial score (nSPS) is 15.0. The molecule has 0 radical (unpaired) electrons. The molecule has 6 nitrogen and oxygen atoms in total. The quantitative estimate of drug-likeness (QED) is 0.543. The van der Waals surface area contributed by atoms with Crippen molar-refractivity contribution in [2.24, 2.45) is 11.7 Å². The van der Waals surface area contributed by atoms with Gasteiger partial charge in [-0.1, -0.05) is 25.6 Å². The van der Waals surface area contributed by atoms with Gasteiger partial charge in [-0.2, -0.15) is 0 Å². The molecule has 104 valence electrons. The van der Waals surface area contributed by atoms with Crippen molar-refractivity contribution in [3.8, 4) is 0 Å². The number of aromatic nitrogens is 4. The summed E-state index contributed by atoms with van der Waals surface area (Å²) in [4.78, 5) is 15.4. The smallest absolute Gasteiger partial charge is 0.181 e. The Balaban J connectivity index is 2.15. The summed E-state index contributed by atoms with van der Waals surface area (Å²) >= 11 is 1.48.